The highest BCUT2D eigenvalue weighted by Crippen LogP contribution is 2.26. The van der Waals surface area contributed by atoms with Gasteiger partial charge in [-0.3, -0.25) is 4.79 Å². The molecular formula is C12H13BrF2O2. The second-order valence-electron chi connectivity index (χ2n) is 4.13. The number of carboxylic acids is 1. The first-order valence-corrected chi connectivity index (χ1v) is 5.99. The van der Waals surface area contributed by atoms with E-state index in [-0.39, 0.29) is 22.4 Å². The van der Waals surface area contributed by atoms with Gasteiger partial charge in [0.2, 0.25) is 0 Å². The van der Waals surface area contributed by atoms with Gasteiger partial charge in [-0.05, 0) is 40.4 Å². The van der Waals surface area contributed by atoms with Crippen molar-refractivity contribution >= 4 is 21.9 Å². The number of carboxylic acid groups (broad SMARTS) is 1. The largest absolute Gasteiger partial charge is 0.481 e. The Hall–Kier alpha value is -0.970. The maximum atomic E-state index is 13.7. The Kier molecular flexibility index (Phi) is 4.62. The van der Waals surface area contributed by atoms with E-state index in [4.69, 9.17) is 5.11 Å². The monoisotopic (exact) mass is 306 g/mol. The summed E-state index contributed by atoms with van der Waals surface area (Å²) in [5, 5.41) is 8.83. The van der Waals surface area contributed by atoms with Crippen LogP contribution >= 0.6 is 15.9 Å². The van der Waals surface area contributed by atoms with Gasteiger partial charge in [-0.1, -0.05) is 13.8 Å². The van der Waals surface area contributed by atoms with Crippen molar-refractivity contribution < 1.29 is 18.7 Å². The SMILES string of the molecule is CC(Cc1c(F)ccc(Br)c1F)C(C)C(=O)O. The van der Waals surface area contributed by atoms with Crippen molar-refractivity contribution in [3.63, 3.8) is 0 Å². The Labute approximate surface area is 107 Å². The molecule has 0 amide bonds. The molecule has 17 heavy (non-hydrogen) atoms. The summed E-state index contributed by atoms with van der Waals surface area (Å²) in [6.07, 6.45) is 0.0601. The molecule has 5 heteroatoms. The van der Waals surface area contributed by atoms with Crippen LogP contribution in [0.5, 0.6) is 0 Å². The van der Waals surface area contributed by atoms with E-state index in [0.29, 0.717) is 0 Å². The summed E-state index contributed by atoms with van der Waals surface area (Å²) in [6, 6.07) is 2.46. The van der Waals surface area contributed by atoms with Gasteiger partial charge in [0.05, 0.1) is 10.4 Å². The third-order valence-electron chi connectivity index (χ3n) is 2.91. The van der Waals surface area contributed by atoms with E-state index in [1.165, 1.54) is 19.1 Å². The van der Waals surface area contributed by atoms with Gasteiger partial charge >= 0.3 is 5.97 Å². The Morgan fingerprint density at radius 1 is 1.41 bits per heavy atom. The van der Waals surface area contributed by atoms with Gasteiger partial charge in [0.1, 0.15) is 11.6 Å². The fraction of sp³-hybridized carbons (Fsp3) is 0.417. The summed E-state index contributed by atoms with van der Waals surface area (Å²) < 4.78 is 27.3. The second kappa shape index (κ2) is 5.58. The van der Waals surface area contributed by atoms with E-state index in [9.17, 15) is 13.6 Å². The average molecular weight is 307 g/mol. The van der Waals surface area contributed by atoms with Crippen molar-refractivity contribution in [1.82, 2.24) is 0 Å². The fourth-order valence-corrected chi connectivity index (χ4v) is 1.87. The summed E-state index contributed by atoms with van der Waals surface area (Å²) in [6.45, 7) is 3.19. The molecule has 0 saturated heterocycles. The zero-order valence-electron chi connectivity index (χ0n) is 9.51. The lowest BCUT2D eigenvalue weighted by Gasteiger charge is -2.17. The molecule has 0 aliphatic rings. The van der Waals surface area contributed by atoms with Crippen molar-refractivity contribution in [3.8, 4) is 0 Å². The predicted octanol–water partition coefficient (Wildman–Crippen LogP) is 3.63. The van der Waals surface area contributed by atoms with E-state index in [1.807, 2.05) is 0 Å². The second-order valence-corrected chi connectivity index (χ2v) is 4.98. The van der Waals surface area contributed by atoms with Crippen LogP contribution in [0.3, 0.4) is 0 Å². The van der Waals surface area contributed by atoms with Crippen LogP contribution < -0.4 is 0 Å². The third kappa shape index (κ3) is 3.25. The number of aliphatic carboxylic acids is 1. The van der Waals surface area contributed by atoms with Gasteiger partial charge in [0.15, 0.2) is 0 Å². The lowest BCUT2D eigenvalue weighted by atomic mass is 9.89. The van der Waals surface area contributed by atoms with Gasteiger partial charge < -0.3 is 5.11 Å². The molecule has 2 atom stereocenters. The van der Waals surface area contributed by atoms with Crippen molar-refractivity contribution in [2.75, 3.05) is 0 Å². The van der Waals surface area contributed by atoms with Gasteiger partial charge in [-0.25, -0.2) is 8.78 Å². The Morgan fingerprint density at radius 3 is 2.53 bits per heavy atom. The molecule has 1 N–H and O–H groups in total. The van der Waals surface area contributed by atoms with Gasteiger partial charge in [-0.15, -0.1) is 0 Å². The number of rotatable bonds is 4. The zero-order valence-corrected chi connectivity index (χ0v) is 11.1. The minimum absolute atomic E-state index is 0.0601. The molecule has 1 aromatic carbocycles. The van der Waals surface area contributed by atoms with E-state index >= 15 is 0 Å². The maximum absolute atomic E-state index is 13.7. The molecule has 94 valence electrons. The van der Waals surface area contributed by atoms with Crippen molar-refractivity contribution in [2.45, 2.75) is 20.3 Å². The molecule has 1 aromatic rings. The van der Waals surface area contributed by atoms with Gasteiger partial charge in [-0.2, -0.15) is 0 Å². The number of carbonyl (C=O) groups is 1. The minimum Gasteiger partial charge on any atom is -0.481 e. The molecular weight excluding hydrogens is 294 g/mol. The lowest BCUT2D eigenvalue weighted by molar-refractivity contribution is -0.142. The molecule has 0 heterocycles. The Morgan fingerprint density at radius 2 is 2.00 bits per heavy atom. The van der Waals surface area contributed by atoms with E-state index in [1.54, 1.807) is 6.92 Å². The number of hydrogen-bond acceptors (Lipinski definition) is 1. The summed E-state index contributed by atoms with van der Waals surface area (Å²) in [4.78, 5) is 10.8. The first-order chi connectivity index (χ1) is 7.84. The highest BCUT2D eigenvalue weighted by Gasteiger charge is 2.23. The van der Waals surface area contributed by atoms with Gasteiger partial charge in [0.25, 0.3) is 0 Å². The van der Waals surface area contributed by atoms with Crippen molar-refractivity contribution in [1.29, 1.82) is 0 Å². The lowest BCUT2D eigenvalue weighted by Crippen LogP contribution is -2.20. The van der Waals surface area contributed by atoms with Gasteiger partial charge in [0, 0.05) is 5.56 Å². The molecule has 2 unspecified atom stereocenters. The number of benzene rings is 1. The zero-order chi connectivity index (χ0) is 13.2. The van der Waals surface area contributed by atoms with Crippen LogP contribution in [-0.2, 0) is 11.2 Å². The molecule has 2 nitrogen and oxygen atoms in total. The van der Waals surface area contributed by atoms with E-state index in [2.05, 4.69) is 15.9 Å². The molecule has 0 fully saturated rings. The Balaban J connectivity index is 2.96. The highest BCUT2D eigenvalue weighted by molar-refractivity contribution is 9.10. The summed E-state index contributed by atoms with van der Waals surface area (Å²) in [5.74, 6) is -3.25. The molecule has 0 radical (unpaired) electrons. The van der Waals surface area contributed by atoms with Crippen molar-refractivity contribution in [2.24, 2.45) is 11.8 Å². The molecule has 0 aliphatic heterocycles. The molecule has 0 spiro atoms. The minimum atomic E-state index is -0.965. The smallest absolute Gasteiger partial charge is 0.306 e. The standard InChI is InChI=1S/C12H13BrF2O2/c1-6(7(2)12(16)17)5-8-10(14)4-3-9(13)11(8)15/h3-4,6-7H,5H2,1-2H3,(H,16,17). The van der Waals surface area contributed by atoms with E-state index in [0.717, 1.165) is 0 Å². The third-order valence-corrected chi connectivity index (χ3v) is 3.52. The van der Waals surface area contributed by atoms with Crippen LogP contribution in [0.15, 0.2) is 16.6 Å². The molecule has 0 saturated carbocycles. The number of hydrogen-bond donors (Lipinski definition) is 1. The van der Waals surface area contributed by atoms with Crippen LogP contribution in [0.4, 0.5) is 8.78 Å². The summed E-state index contributed by atoms with van der Waals surface area (Å²) >= 11 is 2.98. The molecule has 0 aromatic heterocycles. The fourth-order valence-electron chi connectivity index (χ4n) is 1.50. The number of halogens is 3. The van der Waals surface area contributed by atoms with Crippen LogP contribution in [-0.4, -0.2) is 11.1 Å². The van der Waals surface area contributed by atoms with E-state index < -0.39 is 23.5 Å². The van der Waals surface area contributed by atoms with Crippen LogP contribution in [0, 0.1) is 23.5 Å². The van der Waals surface area contributed by atoms with Crippen molar-refractivity contribution in [3.05, 3.63) is 33.8 Å². The first kappa shape index (κ1) is 14.1. The molecule has 0 bridgehead atoms. The topological polar surface area (TPSA) is 37.3 Å². The summed E-state index contributed by atoms with van der Waals surface area (Å²) in [5.41, 5.74) is -0.0695. The predicted molar refractivity (Wildman–Crippen MR) is 63.7 cm³/mol. The first-order valence-electron chi connectivity index (χ1n) is 5.19. The average Bonchev–Trinajstić information content (AvgIpc) is 2.28. The normalized spacial score (nSPS) is 14.4. The highest BCUT2D eigenvalue weighted by atomic mass is 79.9. The van der Waals surface area contributed by atoms with Crippen LogP contribution in [0.1, 0.15) is 19.4 Å². The quantitative estimate of drug-likeness (QED) is 0.863. The Bertz CT molecular complexity index is 435. The molecule has 0 aliphatic carbocycles. The van der Waals surface area contributed by atoms with Crippen LogP contribution in [0.2, 0.25) is 0 Å². The summed E-state index contributed by atoms with van der Waals surface area (Å²) in [7, 11) is 0. The van der Waals surface area contributed by atoms with Crippen LogP contribution in [0.25, 0.3) is 0 Å². The maximum Gasteiger partial charge on any atom is 0.306 e. The molecule has 1 rings (SSSR count).